The first-order valence-electron chi connectivity index (χ1n) is 6.88. The molecule has 0 saturated heterocycles. The summed E-state index contributed by atoms with van der Waals surface area (Å²) in [6, 6.07) is 12.5. The highest BCUT2D eigenvalue weighted by molar-refractivity contribution is 5.45. The van der Waals surface area contributed by atoms with Gasteiger partial charge >= 0.3 is 0 Å². The highest BCUT2D eigenvalue weighted by atomic mass is 19.1. The van der Waals surface area contributed by atoms with Crippen molar-refractivity contribution in [3.8, 4) is 0 Å². The van der Waals surface area contributed by atoms with Crippen molar-refractivity contribution in [2.24, 2.45) is 5.92 Å². The van der Waals surface area contributed by atoms with E-state index >= 15 is 0 Å². The predicted octanol–water partition coefficient (Wildman–Crippen LogP) is 3.77. The van der Waals surface area contributed by atoms with E-state index in [0.29, 0.717) is 6.54 Å². The van der Waals surface area contributed by atoms with Crippen LogP contribution >= 0.6 is 0 Å². The monoisotopic (exact) mass is 291 g/mol. The van der Waals surface area contributed by atoms with Gasteiger partial charge in [0.05, 0.1) is 6.10 Å². The molecule has 1 N–H and O–H groups in total. The Morgan fingerprint density at radius 2 is 1.81 bits per heavy atom. The molecular formula is C17H19F2NO. The van der Waals surface area contributed by atoms with E-state index in [1.54, 1.807) is 30.3 Å². The average Bonchev–Trinajstić information content (AvgIpc) is 2.47. The molecule has 0 aliphatic carbocycles. The van der Waals surface area contributed by atoms with Crippen LogP contribution in [0.15, 0.2) is 48.5 Å². The van der Waals surface area contributed by atoms with Crippen LogP contribution in [-0.4, -0.2) is 18.7 Å². The van der Waals surface area contributed by atoms with Gasteiger partial charge in [-0.2, -0.15) is 0 Å². The Morgan fingerprint density at radius 1 is 1.10 bits per heavy atom. The van der Waals surface area contributed by atoms with Gasteiger partial charge in [-0.3, -0.25) is 0 Å². The van der Waals surface area contributed by atoms with Crippen LogP contribution in [-0.2, 0) is 0 Å². The van der Waals surface area contributed by atoms with Crippen molar-refractivity contribution in [2.75, 3.05) is 18.5 Å². The van der Waals surface area contributed by atoms with Crippen LogP contribution in [0.2, 0.25) is 0 Å². The van der Waals surface area contributed by atoms with Crippen LogP contribution in [0.5, 0.6) is 0 Å². The molecule has 2 atom stereocenters. The lowest BCUT2D eigenvalue weighted by Crippen LogP contribution is -2.28. The second kappa shape index (κ2) is 6.68. The van der Waals surface area contributed by atoms with Crippen LogP contribution < -0.4 is 4.90 Å². The van der Waals surface area contributed by atoms with Crippen molar-refractivity contribution < 1.29 is 13.9 Å². The van der Waals surface area contributed by atoms with Crippen molar-refractivity contribution in [3.63, 3.8) is 0 Å². The molecule has 2 rings (SSSR count). The standard InChI is InChI=1S/C17H19F2NO/c1-12(17(21)15-8-3-4-9-16(15)19)11-20(2)14-7-5-6-13(18)10-14/h3-10,12,17,21H,11H2,1-2H3. The first-order chi connectivity index (χ1) is 9.99. The lowest BCUT2D eigenvalue weighted by molar-refractivity contribution is 0.117. The molecular weight excluding hydrogens is 272 g/mol. The maximum Gasteiger partial charge on any atom is 0.129 e. The van der Waals surface area contributed by atoms with E-state index in [0.717, 1.165) is 5.69 Å². The van der Waals surface area contributed by atoms with Gasteiger partial charge < -0.3 is 10.0 Å². The molecule has 0 bridgehead atoms. The third-order valence-electron chi connectivity index (χ3n) is 3.57. The Morgan fingerprint density at radius 3 is 2.48 bits per heavy atom. The number of anilines is 1. The fourth-order valence-corrected chi connectivity index (χ4v) is 2.37. The molecule has 112 valence electrons. The summed E-state index contributed by atoms with van der Waals surface area (Å²) in [6.07, 6.45) is -0.901. The van der Waals surface area contributed by atoms with Gasteiger partial charge in [0.25, 0.3) is 0 Å². The molecule has 21 heavy (non-hydrogen) atoms. The smallest absolute Gasteiger partial charge is 0.129 e. The average molecular weight is 291 g/mol. The summed E-state index contributed by atoms with van der Waals surface area (Å²) in [6.45, 7) is 2.33. The molecule has 0 radical (unpaired) electrons. The minimum atomic E-state index is -0.901. The topological polar surface area (TPSA) is 23.5 Å². The molecule has 0 aliphatic heterocycles. The van der Waals surface area contributed by atoms with Crippen molar-refractivity contribution in [1.82, 2.24) is 0 Å². The number of hydrogen-bond acceptors (Lipinski definition) is 2. The quantitative estimate of drug-likeness (QED) is 0.906. The molecule has 0 aliphatic rings. The lowest BCUT2D eigenvalue weighted by Gasteiger charge is -2.27. The van der Waals surface area contributed by atoms with Crippen molar-refractivity contribution in [1.29, 1.82) is 0 Å². The van der Waals surface area contributed by atoms with Crippen molar-refractivity contribution in [2.45, 2.75) is 13.0 Å². The van der Waals surface area contributed by atoms with Crippen LogP contribution in [0.1, 0.15) is 18.6 Å². The fraction of sp³-hybridized carbons (Fsp3) is 0.294. The van der Waals surface area contributed by atoms with E-state index in [2.05, 4.69) is 0 Å². The molecule has 0 spiro atoms. The molecule has 0 fully saturated rings. The zero-order chi connectivity index (χ0) is 15.4. The van der Waals surface area contributed by atoms with Gasteiger partial charge in [0, 0.05) is 30.8 Å². The first-order valence-corrected chi connectivity index (χ1v) is 6.88. The van der Waals surface area contributed by atoms with Crippen LogP contribution in [0, 0.1) is 17.6 Å². The van der Waals surface area contributed by atoms with Crippen LogP contribution in [0.25, 0.3) is 0 Å². The molecule has 2 nitrogen and oxygen atoms in total. The minimum absolute atomic E-state index is 0.199. The third kappa shape index (κ3) is 3.79. The summed E-state index contributed by atoms with van der Waals surface area (Å²) >= 11 is 0. The molecule has 0 aromatic heterocycles. The zero-order valence-electron chi connectivity index (χ0n) is 12.1. The first kappa shape index (κ1) is 15.4. The van der Waals surface area contributed by atoms with Gasteiger partial charge in [-0.15, -0.1) is 0 Å². The number of rotatable bonds is 5. The maximum atomic E-state index is 13.7. The van der Waals surface area contributed by atoms with E-state index < -0.39 is 11.9 Å². The number of halogens is 2. The van der Waals surface area contributed by atoms with Gasteiger partial charge in [0.2, 0.25) is 0 Å². The number of aliphatic hydroxyl groups is 1. The Balaban J connectivity index is 2.07. The van der Waals surface area contributed by atoms with Crippen molar-refractivity contribution in [3.05, 3.63) is 65.7 Å². The molecule has 2 aromatic rings. The van der Waals surface area contributed by atoms with E-state index in [1.807, 2.05) is 18.9 Å². The van der Waals surface area contributed by atoms with E-state index in [-0.39, 0.29) is 17.3 Å². The summed E-state index contributed by atoms with van der Waals surface area (Å²) < 4.78 is 26.9. The fourth-order valence-electron chi connectivity index (χ4n) is 2.37. The lowest BCUT2D eigenvalue weighted by atomic mass is 9.96. The number of nitrogens with zero attached hydrogens (tertiary/aromatic N) is 1. The highest BCUT2D eigenvalue weighted by Crippen LogP contribution is 2.26. The highest BCUT2D eigenvalue weighted by Gasteiger charge is 2.21. The Kier molecular flexibility index (Phi) is 4.91. The predicted molar refractivity (Wildman–Crippen MR) is 80.2 cm³/mol. The second-order valence-corrected chi connectivity index (χ2v) is 5.30. The van der Waals surface area contributed by atoms with Gasteiger partial charge in [-0.05, 0) is 24.3 Å². The van der Waals surface area contributed by atoms with Crippen LogP contribution in [0.3, 0.4) is 0 Å². The molecule has 2 aromatic carbocycles. The maximum absolute atomic E-state index is 13.7. The van der Waals surface area contributed by atoms with Gasteiger partial charge in [-0.1, -0.05) is 31.2 Å². The normalized spacial score (nSPS) is 13.8. The third-order valence-corrected chi connectivity index (χ3v) is 3.57. The largest absolute Gasteiger partial charge is 0.388 e. The number of aliphatic hydroxyl groups excluding tert-OH is 1. The van der Waals surface area contributed by atoms with Gasteiger partial charge in [-0.25, -0.2) is 8.78 Å². The second-order valence-electron chi connectivity index (χ2n) is 5.30. The molecule has 2 unspecified atom stereocenters. The Labute approximate surface area is 123 Å². The summed E-state index contributed by atoms with van der Waals surface area (Å²) in [5.74, 6) is -0.915. The molecule has 4 heteroatoms. The number of hydrogen-bond donors (Lipinski definition) is 1. The van der Waals surface area contributed by atoms with Crippen molar-refractivity contribution >= 4 is 5.69 Å². The summed E-state index contributed by atoms with van der Waals surface area (Å²) in [7, 11) is 1.82. The zero-order valence-corrected chi connectivity index (χ0v) is 12.1. The van der Waals surface area contributed by atoms with E-state index in [4.69, 9.17) is 0 Å². The van der Waals surface area contributed by atoms with E-state index in [9.17, 15) is 13.9 Å². The summed E-state index contributed by atoms with van der Waals surface area (Å²) in [5.41, 5.74) is 1.01. The molecule has 0 heterocycles. The molecule has 0 saturated carbocycles. The SMILES string of the molecule is CC(CN(C)c1cccc(F)c1)C(O)c1ccccc1F. The Hall–Kier alpha value is -1.94. The number of benzene rings is 2. The molecule has 0 amide bonds. The minimum Gasteiger partial charge on any atom is -0.388 e. The van der Waals surface area contributed by atoms with Crippen LogP contribution in [0.4, 0.5) is 14.5 Å². The summed E-state index contributed by atoms with van der Waals surface area (Å²) in [4.78, 5) is 1.85. The summed E-state index contributed by atoms with van der Waals surface area (Å²) in [5, 5.41) is 10.3. The Bertz CT molecular complexity index is 603. The van der Waals surface area contributed by atoms with Gasteiger partial charge in [0.1, 0.15) is 11.6 Å². The van der Waals surface area contributed by atoms with E-state index in [1.165, 1.54) is 18.2 Å². The van der Waals surface area contributed by atoms with Gasteiger partial charge in [0.15, 0.2) is 0 Å².